The van der Waals surface area contributed by atoms with Crippen LogP contribution in [0, 0.1) is 18.3 Å². The average molecular weight is 398 g/mol. The zero-order chi connectivity index (χ0) is 19.9. The zero-order valence-electron chi connectivity index (χ0n) is 15.7. The van der Waals surface area contributed by atoms with Gasteiger partial charge in [0, 0.05) is 11.3 Å². The van der Waals surface area contributed by atoms with Crippen LogP contribution in [0.1, 0.15) is 40.8 Å². The molecule has 2 aromatic rings. The second kappa shape index (κ2) is 9.38. The van der Waals surface area contributed by atoms with Crippen molar-refractivity contribution in [3.63, 3.8) is 0 Å². The summed E-state index contributed by atoms with van der Waals surface area (Å²) in [4.78, 5) is 25.0. The SMILES string of the molecule is Cc1cccc(OCCCC(=O)OCC(=O)Nc2sc3c(c2C#N)CCC3)c1. The number of hydrogen-bond acceptors (Lipinski definition) is 6. The minimum absolute atomic E-state index is 0.176. The molecule has 0 bridgehead atoms. The first-order chi connectivity index (χ1) is 13.6. The molecule has 1 N–H and O–H groups in total. The van der Waals surface area contributed by atoms with Gasteiger partial charge >= 0.3 is 5.97 Å². The molecule has 7 heteroatoms. The van der Waals surface area contributed by atoms with Gasteiger partial charge in [-0.15, -0.1) is 11.3 Å². The van der Waals surface area contributed by atoms with Gasteiger partial charge in [-0.25, -0.2) is 0 Å². The first-order valence-electron chi connectivity index (χ1n) is 9.26. The second-order valence-corrected chi connectivity index (χ2v) is 7.76. The largest absolute Gasteiger partial charge is 0.494 e. The van der Waals surface area contributed by atoms with Crippen LogP contribution in [0.15, 0.2) is 24.3 Å². The number of benzene rings is 1. The van der Waals surface area contributed by atoms with Crippen LogP contribution in [0.2, 0.25) is 0 Å². The number of rotatable bonds is 8. The number of aryl methyl sites for hydroxylation is 2. The zero-order valence-corrected chi connectivity index (χ0v) is 16.6. The molecule has 1 aliphatic rings. The van der Waals surface area contributed by atoms with E-state index in [2.05, 4.69) is 11.4 Å². The maximum Gasteiger partial charge on any atom is 0.306 e. The minimum Gasteiger partial charge on any atom is -0.494 e. The average Bonchev–Trinajstić information content (AvgIpc) is 3.24. The predicted octanol–water partition coefficient (Wildman–Crippen LogP) is 3.76. The fourth-order valence-electron chi connectivity index (χ4n) is 3.10. The Balaban J connectivity index is 1.37. The normalized spacial score (nSPS) is 12.1. The van der Waals surface area contributed by atoms with Crippen molar-refractivity contribution < 1.29 is 19.1 Å². The molecule has 1 amide bonds. The quantitative estimate of drug-likeness (QED) is 0.540. The topological polar surface area (TPSA) is 88.4 Å². The third-order valence-electron chi connectivity index (χ3n) is 4.43. The first-order valence-corrected chi connectivity index (χ1v) is 10.1. The number of hydrogen-bond donors (Lipinski definition) is 1. The molecule has 0 radical (unpaired) electrons. The summed E-state index contributed by atoms with van der Waals surface area (Å²) in [6.45, 7) is 2.03. The Morgan fingerprint density at radius 3 is 2.96 bits per heavy atom. The van der Waals surface area contributed by atoms with Crippen LogP contribution < -0.4 is 10.1 Å². The van der Waals surface area contributed by atoms with Crippen LogP contribution in [0.25, 0.3) is 0 Å². The molecular weight excluding hydrogens is 376 g/mol. The lowest BCUT2D eigenvalue weighted by molar-refractivity contribution is -0.147. The van der Waals surface area contributed by atoms with Gasteiger partial charge in [-0.1, -0.05) is 12.1 Å². The molecule has 0 spiro atoms. The number of carbonyl (C=O) groups is 2. The van der Waals surface area contributed by atoms with Gasteiger partial charge in [0.15, 0.2) is 6.61 Å². The molecule has 1 heterocycles. The Labute approximate surface area is 168 Å². The number of anilines is 1. The molecule has 0 atom stereocenters. The smallest absolute Gasteiger partial charge is 0.306 e. The van der Waals surface area contributed by atoms with Crippen LogP contribution in [0.5, 0.6) is 5.75 Å². The minimum atomic E-state index is -0.447. The Morgan fingerprint density at radius 1 is 1.32 bits per heavy atom. The molecule has 0 saturated heterocycles. The van der Waals surface area contributed by atoms with Crippen LogP contribution in [-0.2, 0) is 27.2 Å². The van der Waals surface area contributed by atoms with Gasteiger partial charge in [0.25, 0.3) is 5.91 Å². The van der Waals surface area contributed by atoms with E-state index in [0.29, 0.717) is 23.6 Å². The summed E-state index contributed by atoms with van der Waals surface area (Å²) in [5, 5.41) is 12.6. The Hall–Kier alpha value is -2.85. The molecule has 0 fully saturated rings. The van der Waals surface area contributed by atoms with Crippen molar-refractivity contribution in [2.45, 2.75) is 39.0 Å². The summed E-state index contributed by atoms with van der Waals surface area (Å²) < 4.78 is 10.6. The number of nitrogens with zero attached hydrogens (tertiary/aromatic N) is 1. The van der Waals surface area contributed by atoms with E-state index >= 15 is 0 Å². The lowest BCUT2D eigenvalue weighted by Gasteiger charge is -2.08. The van der Waals surface area contributed by atoms with Gasteiger partial charge in [0.1, 0.15) is 16.8 Å². The summed E-state index contributed by atoms with van der Waals surface area (Å²) in [6.07, 6.45) is 3.56. The molecule has 3 rings (SSSR count). The fraction of sp³-hybridized carbons (Fsp3) is 0.381. The molecule has 0 saturated carbocycles. The van der Waals surface area contributed by atoms with Crippen LogP contribution >= 0.6 is 11.3 Å². The molecule has 146 valence electrons. The van der Waals surface area contributed by atoms with Crippen LogP contribution in [0.3, 0.4) is 0 Å². The summed E-state index contributed by atoms with van der Waals surface area (Å²) in [6, 6.07) is 9.87. The van der Waals surface area contributed by atoms with Crippen molar-refractivity contribution in [2.75, 3.05) is 18.5 Å². The van der Waals surface area contributed by atoms with Gasteiger partial charge < -0.3 is 14.8 Å². The Morgan fingerprint density at radius 2 is 2.18 bits per heavy atom. The van der Waals surface area contributed by atoms with E-state index < -0.39 is 11.9 Å². The maximum absolute atomic E-state index is 12.0. The lowest BCUT2D eigenvalue weighted by atomic mass is 10.1. The van der Waals surface area contributed by atoms with Crippen molar-refractivity contribution in [3.8, 4) is 11.8 Å². The fourth-order valence-corrected chi connectivity index (χ4v) is 4.36. The van der Waals surface area contributed by atoms with E-state index in [4.69, 9.17) is 9.47 Å². The van der Waals surface area contributed by atoms with E-state index in [1.54, 1.807) is 0 Å². The van der Waals surface area contributed by atoms with E-state index in [0.717, 1.165) is 41.0 Å². The van der Waals surface area contributed by atoms with E-state index in [-0.39, 0.29) is 13.0 Å². The van der Waals surface area contributed by atoms with Gasteiger partial charge in [0.05, 0.1) is 12.2 Å². The van der Waals surface area contributed by atoms with Gasteiger partial charge in [-0.05, 0) is 55.9 Å². The highest BCUT2D eigenvalue weighted by atomic mass is 32.1. The second-order valence-electron chi connectivity index (χ2n) is 6.65. The van der Waals surface area contributed by atoms with Crippen LogP contribution in [0.4, 0.5) is 5.00 Å². The van der Waals surface area contributed by atoms with Gasteiger partial charge in [-0.2, -0.15) is 5.26 Å². The molecule has 1 aromatic carbocycles. The third kappa shape index (κ3) is 5.11. The number of ether oxygens (including phenoxy) is 2. The van der Waals surface area contributed by atoms with Crippen LogP contribution in [-0.4, -0.2) is 25.1 Å². The number of nitriles is 1. The summed E-state index contributed by atoms with van der Waals surface area (Å²) in [5.74, 6) is -0.109. The van der Waals surface area contributed by atoms with Gasteiger partial charge in [0.2, 0.25) is 0 Å². The number of esters is 1. The monoisotopic (exact) mass is 398 g/mol. The standard InChI is InChI=1S/C21H22N2O4S/c1-14-5-2-6-15(11-14)26-10-4-9-20(25)27-13-19(24)23-21-17(12-22)16-7-3-8-18(16)28-21/h2,5-6,11H,3-4,7-10,13H2,1H3,(H,23,24). The number of thiophene rings is 1. The molecule has 0 unspecified atom stereocenters. The van der Waals surface area contributed by atoms with Crippen molar-refractivity contribution in [1.82, 2.24) is 0 Å². The highest BCUT2D eigenvalue weighted by molar-refractivity contribution is 7.16. The Kier molecular flexibility index (Phi) is 6.66. The molecule has 1 aliphatic carbocycles. The third-order valence-corrected chi connectivity index (χ3v) is 5.64. The van der Waals surface area contributed by atoms with Crippen molar-refractivity contribution in [2.24, 2.45) is 0 Å². The number of fused-ring (bicyclic) bond motifs is 1. The summed E-state index contributed by atoms with van der Waals surface area (Å²) in [5.41, 5.74) is 2.71. The molecular formula is C21H22N2O4S. The number of nitrogens with one attached hydrogen (secondary N) is 1. The van der Waals surface area contributed by atoms with E-state index in [9.17, 15) is 14.9 Å². The van der Waals surface area contributed by atoms with E-state index in [1.807, 2.05) is 31.2 Å². The number of amides is 1. The highest BCUT2D eigenvalue weighted by Gasteiger charge is 2.23. The first kappa shape index (κ1) is 19.9. The number of carbonyl (C=O) groups excluding carboxylic acids is 2. The van der Waals surface area contributed by atoms with Crippen molar-refractivity contribution >= 4 is 28.2 Å². The van der Waals surface area contributed by atoms with Gasteiger partial charge in [-0.3, -0.25) is 9.59 Å². The predicted molar refractivity (Wildman–Crippen MR) is 107 cm³/mol. The van der Waals surface area contributed by atoms with Crippen molar-refractivity contribution in [1.29, 1.82) is 5.26 Å². The molecule has 1 aromatic heterocycles. The summed E-state index contributed by atoms with van der Waals surface area (Å²) in [7, 11) is 0. The molecule has 28 heavy (non-hydrogen) atoms. The maximum atomic E-state index is 12.0. The van der Waals surface area contributed by atoms with Crippen molar-refractivity contribution in [3.05, 3.63) is 45.8 Å². The highest BCUT2D eigenvalue weighted by Crippen LogP contribution is 2.38. The lowest BCUT2D eigenvalue weighted by Crippen LogP contribution is -2.21. The Bertz CT molecular complexity index is 914. The molecule has 0 aliphatic heterocycles. The summed E-state index contributed by atoms with van der Waals surface area (Å²) >= 11 is 1.44. The van der Waals surface area contributed by atoms with E-state index in [1.165, 1.54) is 11.3 Å². The molecule has 6 nitrogen and oxygen atoms in total.